The molecule has 4 heteroatoms. The zero-order valence-corrected chi connectivity index (χ0v) is 19.2. The first kappa shape index (κ1) is 21.2. The Hall–Kier alpha value is -3.68. The van der Waals surface area contributed by atoms with Gasteiger partial charge in [0.1, 0.15) is 0 Å². The van der Waals surface area contributed by atoms with Crippen LogP contribution in [0, 0.1) is 18.3 Å². The second-order valence-corrected chi connectivity index (χ2v) is 8.90. The number of anilines is 1. The molecule has 2 heterocycles. The van der Waals surface area contributed by atoms with Gasteiger partial charge in [0.2, 0.25) is 0 Å². The first-order valence-electron chi connectivity index (χ1n) is 11.4. The van der Waals surface area contributed by atoms with Crippen LogP contribution in [0.1, 0.15) is 25.0 Å². The highest BCUT2D eigenvalue weighted by Crippen LogP contribution is 2.34. The number of hydrogen-bond acceptors (Lipinski definition) is 4. The summed E-state index contributed by atoms with van der Waals surface area (Å²) in [6.45, 7) is 8.26. The second kappa shape index (κ2) is 8.69. The van der Waals surface area contributed by atoms with Gasteiger partial charge in [-0.1, -0.05) is 42.5 Å². The molecule has 1 saturated heterocycles. The monoisotopic (exact) mass is 433 g/mol. The van der Waals surface area contributed by atoms with Crippen LogP contribution in [0.2, 0.25) is 0 Å². The Balaban J connectivity index is 1.49. The summed E-state index contributed by atoms with van der Waals surface area (Å²) in [6.07, 6.45) is 2.47. The number of nitriles is 1. The van der Waals surface area contributed by atoms with E-state index in [-0.39, 0.29) is 12.2 Å². The standard InChI is InChI=1S/C29H27N3O/c1-19-17-32(18-20(2)33-19)25-13-11-24(12-14-25)28-16-31-29-26(21(28)3)5-4-6-27(29)23-9-7-22(15-30)8-10-23/h4-14,16,19-20H,17-18H2,1-3H3/t19-,20+. The molecule has 0 bridgehead atoms. The summed E-state index contributed by atoms with van der Waals surface area (Å²) >= 11 is 0. The molecule has 1 fully saturated rings. The highest BCUT2D eigenvalue weighted by atomic mass is 16.5. The van der Waals surface area contributed by atoms with Gasteiger partial charge in [-0.05, 0) is 61.7 Å². The molecule has 0 unspecified atom stereocenters. The molecule has 0 saturated carbocycles. The molecule has 5 rings (SSSR count). The Morgan fingerprint density at radius 2 is 1.52 bits per heavy atom. The molecule has 164 valence electrons. The predicted octanol–water partition coefficient (Wildman–Crippen LogP) is 6.36. The van der Waals surface area contributed by atoms with E-state index in [4.69, 9.17) is 15.0 Å². The van der Waals surface area contributed by atoms with E-state index in [1.165, 1.54) is 16.8 Å². The third-order valence-corrected chi connectivity index (χ3v) is 6.45. The lowest BCUT2D eigenvalue weighted by Gasteiger charge is -2.36. The lowest BCUT2D eigenvalue weighted by molar-refractivity contribution is -0.00521. The van der Waals surface area contributed by atoms with Gasteiger partial charge in [0.25, 0.3) is 0 Å². The van der Waals surface area contributed by atoms with Crippen LogP contribution >= 0.6 is 0 Å². The maximum Gasteiger partial charge on any atom is 0.0991 e. The number of fused-ring (bicyclic) bond motifs is 1. The fraction of sp³-hybridized carbons (Fsp3) is 0.241. The molecule has 1 aliphatic heterocycles. The number of nitrogens with zero attached hydrogens (tertiary/aromatic N) is 3. The SMILES string of the molecule is Cc1c(-c2ccc(N3C[C@@H](C)O[C@@H](C)C3)cc2)cnc2c(-c3ccc(C#N)cc3)cccc12. The van der Waals surface area contributed by atoms with Gasteiger partial charge in [0.15, 0.2) is 0 Å². The number of aryl methyl sites for hydroxylation is 1. The summed E-state index contributed by atoms with van der Waals surface area (Å²) in [7, 11) is 0. The van der Waals surface area contributed by atoms with Crippen molar-refractivity contribution in [2.45, 2.75) is 33.0 Å². The molecule has 2 atom stereocenters. The maximum absolute atomic E-state index is 9.09. The lowest BCUT2D eigenvalue weighted by Crippen LogP contribution is -2.45. The molecule has 33 heavy (non-hydrogen) atoms. The third-order valence-electron chi connectivity index (χ3n) is 6.45. The van der Waals surface area contributed by atoms with E-state index in [9.17, 15) is 0 Å². The van der Waals surface area contributed by atoms with Crippen LogP contribution in [0.4, 0.5) is 5.69 Å². The van der Waals surface area contributed by atoms with E-state index in [0.717, 1.165) is 40.7 Å². The first-order chi connectivity index (χ1) is 16.0. The van der Waals surface area contributed by atoms with Crippen molar-refractivity contribution < 1.29 is 4.74 Å². The Bertz CT molecular complexity index is 1330. The van der Waals surface area contributed by atoms with Crippen LogP contribution in [-0.2, 0) is 4.74 Å². The minimum atomic E-state index is 0.241. The van der Waals surface area contributed by atoms with Gasteiger partial charge in [-0.2, -0.15) is 5.26 Å². The van der Waals surface area contributed by atoms with Gasteiger partial charge < -0.3 is 9.64 Å². The van der Waals surface area contributed by atoms with Crippen molar-refractivity contribution in [2.75, 3.05) is 18.0 Å². The molecule has 4 aromatic rings. The van der Waals surface area contributed by atoms with Crippen molar-refractivity contribution in [3.05, 3.63) is 84.1 Å². The Morgan fingerprint density at radius 1 is 0.879 bits per heavy atom. The second-order valence-electron chi connectivity index (χ2n) is 8.90. The number of para-hydroxylation sites is 1. The molecular weight excluding hydrogens is 406 g/mol. The number of hydrogen-bond donors (Lipinski definition) is 0. The Morgan fingerprint density at radius 3 is 2.18 bits per heavy atom. The summed E-state index contributed by atoms with van der Waals surface area (Å²) in [6, 6.07) is 25.0. The largest absolute Gasteiger partial charge is 0.372 e. The van der Waals surface area contributed by atoms with E-state index in [1.54, 1.807) is 0 Å². The number of pyridine rings is 1. The number of rotatable bonds is 3. The van der Waals surface area contributed by atoms with E-state index in [0.29, 0.717) is 5.56 Å². The average molecular weight is 434 g/mol. The molecule has 4 nitrogen and oxygen atoms in total. The van der Waals surface area contributed by atoms with Gasteiger partial charge in [0, 0.05) is 41.5 Å². The van der Waals surface area contributed by atoms with Gasteiger partial charge >= 0.3 is 0 Å². The lowest BCUT2D eigenvalue weighted by atomic mass is 9.95. The number of morpholine rings is 1. The van der Waals surface area contributed by atoms with Gasteiger partial charge in [0.05, 0.1) is 29.4 Å². The minimum Gasteiger partial charge on any atom is -0.372 e. The van der Waals surface area contributed by atoms with E-state index in [1.807, 2.05) is 30.5 Å². The summed E-state index contributed by atoms with van der Waals surface area (Å²) in [5.74, 6) is 0. The molecule has 0 N–H and O–H groups in total. The summed E-state index contributed by atoms with van der Waals surface area (Å²) < 4.78 is 5.88. The van der Waals surface area contributed by atoms with Crippen LogP contribution < -0.4 is 4.90 Å². The van der Waals surface area contributed by atoms with Gasteiger partial charge in [-0.25, -0.2) is 0 Å². The third kappa shape index (κ3) is 4.08. The zero-order valence-electron chi connectivity index (χ0n) is 19.2. The topological polar surface area (TPSA) is 49.1 Å². The number of benzene rings is 3. The number of ether oxygens (including phenoxy) is 1. The van der Waals surface area contributed by atoms with Crippen molar-refractivity contribution in [1.29, 1.82) is 5.26 Å². The quantitative estimate of drug-likeness (QED) is 0.377. The smallest absolute Gasteiger partial charge is 0.0991 e. The fourth-order valence-corrected chi connectivity index (χ4v) is 4.85. The Kier molecular flexibility index (Phi) is 5.58. The first-order valence-corrected chi connectivity index (χ1v) is 11.4. The molecule has 1 aliphatic rings. The molecule has 0 radical (unpaired) electrons. The average Bonchev–Trinajstić information content (AvgIpc) is 2.84. The maximum atomic E-state index is 9.09. The van der Waals surface area contributed by atoms with Crippen molar-refractivity contribution in [3.63, 3.8) is 0 Å². The molecule has 1 aromatic heterocycles. The minimum absolute atomic E-state index is 0.241. The summed E-state index contributed by atoms with van der Waals surface area (Å²) in [5, 5.41) is 10.2. The van der Waals surface area contributed by atoms with Crippen LogP contribution in [0.25, 0.3) is 33.2 Å². The normalized spacial score (nSPS) is 18.3. The van der Waals surface area contributed by atoms with Crippen LogP contribution in [0.3, 0.4) is 0 Å². The summed E-state index contributed by atoms with van der Waals surface area (Å²) in [5.41, 5.74) is 8.56. The number of aromatic nitrogens is 1. The molecule has 0 amide bonds. The van der Waals surface area contributed by atoms with Crippen molar-refractivity contribution in [1.82, 2.24) is 4.98 Å². The zero-order chi connectivity index (χ0) is 22.9. The Labute approximate surface area is 195 Å². The predicted molar refractivity (Wildman–Crippen MR) is 134 cm³/mol. The fourth-order valence-electron chi connectivity index (χ4n) is 4.85. The van der Waals surface area contributed by atoms with Crippen LogP contribution in [0.5, 0.6) is 0 Å². The molecular formula is C29H27N3O. The van der Waals surface area contributed by atoms with E-state index < -0.39 is 0 Å². The summed E-state index contributed by atoms with van der Waals surface area (Å²) in [4.78, 5) is 7.28. The van der Waals surface area contributed by atoms with E-state index >= 15 is 0 Å². The van der Waals surface area contributed by atoms with Crippen LogP contribution in [-0.4, -0.2) is 30.3 Å². The highest BCUT2D eigenvalue weighted by Gasteiger charge is 2.22. The highest BCUT2D eigenvalue weighted by molar-refractivity contribution is 5.98. The van der Waals surface area contributed by atoms with Crippen molar-refractivity contribution >= 4 is 16.6 Å². The van der Waals surface area contributed by atoms with Crippen molar-refractivity contribution in [2.24, 2.45) is 0 Å². The van der Waals surface area contributed by atoms with Crippen molar-refractivity contribution in [3.8, 4) is 28.3 Å². The van der Waals surface area contributed by atoms with Gasteiger partial charge in [-0.15, -0.1) is 0 Å². The van der Waals surface area contributed by atoms with E-state index in [2.05, 4.69) is 74.2 Å². The molecule has 0 spiro atoms. The molecule has 3 aromatic carbocycles. The molecule has 0 aliphatic carbocycles. The van der Waals surface area contributed by atoms with Crippen LogP contribution in [0.15, 0.2) is 72.9 Å². The van der Waals surface area contributed by atoms with Gasteiger partial charge in [-0.3, -0.25) is 4.98 Å².